The molecule has 0 saturated carbocycles. The first-order valence-electron chi connectivity index (χ1n) is 10.1. The van der Waals surface area contributed by atoms with Gasteiger partial charge in [0.25, 0.3) is 0 Å². The van der Waals surface area contributed by atoms with Gasteiger partial charge in [0.15, 0.2) is 0 Å². The van der Waals surface area contributed by atoms with E-state index in [9.17, 15) is 9.59 Å². The Morgan fingerprint density at radius 1 is 0.692 bits per heavy atom. The molecule has 1 aromatic rings. The first-order valence-corrected chi connectivity index (χ1v) is 10.1. The highest BCUT2D eigenvalue weighted by molar-refractivity contribution is 6.29. The van der Waals surface area contributed by atoms with Gasteiger partial charge in [-0.25, -0.2) is 9.59 Å². The predicted molar refractivity (Wildman–Crippen MR) is 104 cm³/mol. The van der Waals surface area contributed by atoms with Gasteiger partial charge in [-0.2, -0.15) is 0 Å². The average Bonchev–Trinajstić information content (AvgIpc) is 2.66. The van der Waals surface area contributed by atoms with Gasteiger partial charge in [-0.05, 0) is 12.0 Å². The Morgan fingerprint density at radius 3 is 1.77 bits per heavy atom. The zero-order valence-electron chi connectivity index (χ0n) is 16.2. The van der Waals surface area contributed by atoms with E-state index in [0.717, 1.165) is 24.8 Å². The monoisotopic (exact) mass is 362 g/mol. The van der Waals surface area contributed by atoms with Gasteiger partial charge in [0.05, 0.1) is 13.2 Å². The third kappa shape index (κ3) is 11.7. The maximum Gasteiger partial charge on any atom is 0.417 e. The molecule has 146 valence electrons. The Balaban J connectivity index is 1.91. The number of carbonyl (C=O) groups excluding carboxylic acids is 2. The summed E-state index contributed by atoms with van der Waals surface area (Å²) in [5, 5.41) is 0. The molecule has 4 nitrogen and oxygen atoms in total. The third-order valence-electron chi connectivity index (χ3n) is 4.36. The summed E-state index contributed by atoms with van der Waals surface area (Å²) in [4.78, 5) is 23.1. The number of carbonyl (C=O) groups is 2. The van der Waals surface area contributed by atoms with Crippen molar-refractivity contribution in [2.24, 2.45) is 0 Å². The molecule has 0 spiro atoms. The zero-order valence-corrected chi connectivity index (χ0v) is 16.2. The molecular weight excluding hydrogens is 328 g/mol. The Labute approximate surface area is 158 Å². The van der Waals surface area contributed by atoms with Crippen LogP contribution in [0.2, 0.25) is 0 Å². The minimum absolute atomic E-state index is 0.191. The van der Waals surface area contributed by atoms with Gasteiger partial charge < -0.3 is 9.47 Å². The van der Waals surface area contributed by atoms with Crippen molar-refractivity contribution in [2.75, 3.05) is 13.2 Å². The van der Waals surface area contributed by atoms with Crippen LogP contribution in [-0.4, -0.2) is 25.2 Å². The average molecular weight is 363 g/mol. The molecule has 0 radical (unpaired) electrons. The lowest BCUT2D eigenvalue weighted by Gasteiger charge is -2.06. The van der Waals surface area contributed by atoms with Gasteiger partial charge in [0.1, 0.15) is 0 Å². The van der Waals surface area contributed by atoms with Gasteiger partial charge in [-0.1, -0.05) is 95.0 Å². The number of benzene rings is 1. The summed E-state index contributed by atoms with van der Waals surface area (Å²) in [5.41, 5.74) is 1.07. The van der Waals surface area contributed by atoms with Crippen LogP contribution in [0.3, 0.4) is 0 Å². The molecule has 0 aromatic heterocycles. The molecule has 0 atom stereocenters. The summed E-state index contributed by atoms with van der Waals surface area (Å²) in [7, 11) is 0. The van der Waals surface area contributed by atoms with E-state index >= 15 is 0 Å². The van der Waals surface area contributed by atoms with E-state index < -0.39 is 11.9 Å². The predicted octanol–water partition coefficient (Wildman–Crippen LogP) is 5.24. The first kappa shape index (κ1) is 22.2. The molecule has 0 N–H and O–H groups in total. The molecule has 0 aliphatic carbocycles. The summed E-state index contributed by atoms with van der Waals surface area (Å²) in [6.45, 7) is 2.72. The van der Waals surface area contributed by atoms with Crippen LogP contribution in [0.25, 0.3) is 0 Å². The Morgan fingerprint density at radius 2 is 1.19 bits per heavy atom. The fourth-order valence-electron chi connectivity index (χ4n) is 2.78. The van der Waals surface area contributed by atoms with Crippen molar-refractivity contribution in [3.63, 3.8) is 0 Å². The van der Waals surface area contributed by atoms with Crippen molar-refractivity contribution in [3.05, 3.63) is 35.9 Å². The molecule has 4 heteroatoms. The second-order valence-electron chi connectivity index (χ2n) is 6.69. The molecule has 0 saturated heterocycles. The third-order valence-corrected chi connectivity index (χ3v) is 4.36. The summed E-state index contributed by atoms with van der Waals surface area (Å²) >= 11 is 0. The van der Waals surface area contributed by atoms with Crippen molar-refractivity contribution in [1.82, 2.24) is 0 Å². The van der Waals surface area contributed by atoms with E-state index in [1.807, 2.05) is 30.3 Å². The molecular formula is C22H34O4. The number of ether oxygens (including phenoxy) is 2. The van der Waals surface area contributed by atoms with Crippen molar-refractivity contribution < 1.29 is 19.1 Å². The minimum Gasteiger partial charge on any atom is -0.457 e. The Bertz CT molecular complexity index is 484. The van der Waals surface area contributed by atoms with Gasteiger partial charge in [0.2, 0.25) is 0 Å². The number of rotatable bonds is 14. The number of esters is 2. The van der Waals surface area contributed by atoms with E-state index in [0.29, 0.717) is 13.0 Å². The smallest absolute Gasteiger partial charge is 0.417 e. The van der Waals surface area contributed by atoms with Gasteiger partial charge >= 0.3 is 11.9 Å². The van der Waals surface area contributed by atoms with E-state index in [4.69, 9.17) is 9.47 Å². The summed E-state index contributed by atoms with van der Waals surface area (Å²) in [5.74, 6) is -1.78. The minimum atomic E-state index is -0.895. The van der Waals surface area contributed by atoms with Gasteiger partial charge in [0, 0.05) is 6.42 Å². The molecule has 0 heterocycles. The van der Waals surface area contributed by atoms with E-state index in [2.05, 4.69) is 6.92 Å². The molecule has 0 aliphatic heterocycles. The molecule has 1 rings (SSSR count). The number of hydrogen-bond acceptors (Lipinski definition) is 4. The molecule has 0 amide bonds. The van der Waals surface area contributed by atoms with E-state index in [1.54, 1.807) is 0 Å². The van der Waals surface area contributed by atoms with Crippen LogP contribution in [-0.2, 0) is 25.5 Å². The van der Waals surface area contributed by atoms with E-state index in [-0.39, 0.29) is 6.61 Å². The fraction of sp³-hybridized carbons (Fsp3) is 0.636. The molecule has 0 unspecified atom stereocenters. The van der Waals surface area contributed by atoms with Crippen molar-refractivity contribution in [3.8, 4) is 0 Å². The first-order chi connectivity index (χ1) is 12.7. The second kappa shape index (κ2) is 15.4. The summed E-state index contributed by atoms with van der Waals surface area (Å²) in [6, 6.07) is 9.70. The van der Waals surface area contributed by atoms with Crippen LogP contribution in [0.5, 0.6) is 0 Å². The van der Waals surface area contributed by atoms with Crippen molar-refractivity contribution in [1.29, 1.82) is 0 Å². The van der Waals surface area contributed by atoms with Gasteiger partial charge in [-0.15, -0.1) is 0 Å². The number of unbranched alkanes of at least 4 members (excludes halogenated alkanes) is 9. The molecule has 0 aliphatic rings. The maximum absolute atomic E-state index is 11.5. The van der Waals surface area contributed by atoms with Crippen LogP contribution in [0.15, 0.2) is 30.3 Å². The largest absolute Gasteiger partial charge is 0.457 e. The molecule has 1 aromatic carbocycles. The Hall–Kier alpha value is -1.84. The van der Waals surface area contributed by atoms with Gasteiger partial charge in [-0.3, -0.25) is 0 Å². The SMILES string of the molecule is CCCCCCCCCCCCOC(=O)C(=O)OCCc1ccccc1. The topological polar surface area (TPSA) is 52.6 Å². The van der Waals surface area contributed by atoms with Crippen LogP contribution in [0.1, 0.15) is 76.7 Å². The summed E-state index contributed by atoms with van der Waals surface area (Å²) in [6.07, 6.45) is 12.8. The van der Waals surface area contributed by atoms with Crippen LogP contribution in [0, 0.1) is 0 Å². The van der Waals surface area contributed by atoms with Crippen molar-refractivity contribution >= 4 is 11.9 Å². The fourth-order valence-corrected chi connectivity index (χ4v) is 2.78. The van der Waals surface area contributed by atoms with Crippen LogP contribution < -0.4 is 0 Å². The molecule has 26 heavy (non-hydrogen) atoms. The second-order valence-corrected chi connectivity index (χ2v) is 6.69. The maximum atomic E-state index is 11.5. The van der Waals surface area contributed by atoms with E-state index in [1.165, 1.54) is 44.9 Å². The lowest BCUT2D eigenvalue weighted by Crippen LogP contribution is -2.21. The normalized spacial score (nSPS) is 10.5. The Kier molecular flexibility index (Phi) is 13.2. The van der Waals surface area contributed by atoms with Crippen LogP contribution >= 0.6 is 0 Å². The number of hydrogen-bond donors (Lipinski definition) is 0. The molecule has 0 fully saturated rings. The highest BCUT2D eigenvalue weighted by Gasteiger charge is 2.16. The van der Waals surface area contributed by atoms with Crippen LogP contribution in [0.4, 0.5) is 0 Å². The lowest BCUT2D eigenvalue weighted by atomic mass is 10.1. The zero-order chi connectivity index (χ0) is 18.9. The standard InChI is InChI=1S/C22H34O4/c1-2-3-4-5-6-7-8-9-10-14-18-25-21(23)22(24)26-19-17-20-15-12-11-13-16-20/h11-13,15-16H,2-10,14,17-19H2,1H3. The highest BCUT2D eigenvalue weighted by atomic mass is 16.6. The lowest BCUT2D eigenvalue weighted by molar-refractivity contribution is -0.167. The highest BCUT2D eigenvalue weighted by Crippen LogP contribution is 2.10. The quantitative estimate of drug-likeness (QED) is 0.258. The van der Waals surface area contributed by atoms with Crippen molar-refractivity contribution in [2.45, 2.75) is 77.6 Å². The summed E-state index contributed by atoms with van der Waals surface area (Å²) < 4.78 is 9.91. The molecule has 0 bridgehead atoms.